The van der Waals surface area contributed by atoms with E-state index in [1.165, 1.54) is 12.8 Å². The van der Waals surface area contributed by atoms with Crippen LogP contribution in [0.5, 0.6) is 0 Å². The number of hydrogen-bond donors (Lipinski definition) is 0. The molecule has 1 spiro atoms. The molecule has 116 valence electrons. The minimum Gasteiger partial charge on any atom is -0.368 e. The van der Waals surface area contributed by atoms with Crippen molar-refractivity contribution in [1.29, 1.82) is 0 Å². The molecule has 7 heteroatoms. The van der Waals surface area contributed by atoms with Crippen LogP contribution < -0.4 is 4.90 Å². The Balaban J connectivity index is 1.48. The molecule has 2 saturated carbocycles. The van der Waals surface area contributed by atoms with Crippen LogP contribution in [0.3, 0.4) is 0 Å². The van der Waals surface area contributed by atoms with Gasteiger partial charge in [-0.25, -0.2) is 8.78 Å². The largest absolute Gasteiger partial charge is 0.368 e. The molecule has 2 aromatic heterocycles. The molecule has 3 fully saturated rings. The second-order valence-electron chi connectivity index (χ2n) is 6.98. The summed E-state index contributed by atoms with van der Waals surface area (Å²) in [6, 6.07) is 2.09. The number of anilines is 1. The Hall–Kier alpha value is -1.79. The van der Waals surface area contributed by atoms with Crippen LogP contribution in [0.2, 0.25) is 0 Å². The average Bonchev–Trinajstić information content (AvgIpc) is 3.36. The standard InChI is InChI=1S/C15H17F2N5/c16-15(17)8-14(15)3-5-21(6-4-14)12-7-11(10-1-2-10)20-22-9-18-19-13(12)22/h7,9-10H,1-6,8H2. The van der Waals surface area contributed by atoms with E-state index in [1.54, 1.807) is 10.8 Å². The zero-order valence-corrected chi connectivity index (χ0v) is 12.2. The summed E-state index contributed by atoms with van der Waals surface area (Å²) in [6.07, 6.45) is 5.15. The predicted octanol–water partition coefficient (Wildman–Crippen LogP) is 2.63. The highest BCUT2D eigenvalue weighted by Crippen LogP contribution is 2.66. The van der Waals surface area contributed by atoms with Gasteiger partial charge >= 0.3 is 0 Å². The minimum atomic E-state index is -2.44. The second kappa shape index (κ2) is 3.94. The molecule has 0 radical (unpaired) electrons. The van der Waals surface area contributed by atoms with Gasteiger partial charge in [0.15, 0.2) is 0 Å². The summed E-state index contributed by atoms with van der Waals surface area (Å²) in [6.45, 7) is 1.32. The Morgan fingerprint density at radius 2 is 1.91 bits per heavy atom. The molecule has 0 amide bonds. The quantitative estimate of drug-likeness (QED) is 0.855. The number of fused-ring (bicyclic) bond motifs is 1. The number of nitrogens with zero attached hydrogens (tertiary/aromatic N) is 5. The Morgan fingerprint density at radius 3 is 2.55 bits per heavy atom. The van der Waals surface area contributed by atoms with Gasteiger partial charge in [-0.3, -0.25) is 0 Å². The molecule has 1 aliphatic heterocycles. The van der Waals surface area contributed by atoms with E-state index in [1.807, 2.05) is 0 Å². The van der Waals surface area contributed by atoms with Crippen molar-refractivity contribution in [2.75, 3.05) is 18.0 Å². The molecule has 22 heavy (non-hydrogen) atoms. The fourth-order valence-electron chi connectivity index (χ4n) is 3.74. The Bertz CT molecular complexity index is 743. The molecule has 0 bridgehead atoms. The predicted molar refractivity (Wildman–Crippen MR) is 76.2 cm³/mol. The lowest BCUT2D eigenvalue weighted by Crippen LogP contribution is -2.37. The van der Waals surface area contributed by atoms with Crippen LogP contribution in [-0.2, 0) is 0 Å². The maximum absolute atomic E-state index is 13.5. The third-order valence-corrected chi connectivity index (χ3v) is 5.54. The monoisotopic (exact) mass is 305 g/mol. The highest BCUT2D eigenvalue weighted by Gasteiger charge is 2.70. The number of piperidine rings is 1. The smallest absolute Gasteiger partial charge is 0.254 e. The lowest BCUT2D eigenvalue weighted by molar-refractivity contribution is 0.0537. The third-order valence-electron chi connectivity index (χ3n) is 5.54. The third kappa shape index (κ3) is 1.71. The average molecular weight is 305 g/mol. The highest BCUT2D eigenvalue weighted by atomic mass is 19.3. The fraction of sp³-hybridized carbons (Fsp3) is 0.667. The molecule has 1 saturated heterocycles. The maximum Gasteiger partial charge on any atom is 0.254 e. The molecule has 0 N–H and O–H groups in total. The summed E-state index contributed by atoms with van der Waals surface area (Å²) < 4.78 is 28.8. The molecule has 2 aromatic rings. The first-order valence-electron chi connectivity index (χ1n) is 7.92. The van der Waals surface area contributed by atoms with Crippen LogP contribution in [-0.4, -0.2) is 38.8 Å². The lowest BCUT2D eigenvalue weighted by atomic mass is 9.92. The van der Waals surface area contributed by atoms with Gasteiger partial charge in [-0.15, -0.1) is 10.2 Å². The summed E-state index contributed by atoms with van der Waals surface area (Å²) in [5.74, 6) is -1.91. The van der Waals surface area contributed by atoms with E-state index in [9.17, 15) is 8.78 Å². The van der Waals surface area contributed by atoms with Crippen LogP contribution in [0.1, 0.15) is 43.7 Å². The van der Waals surface area contributed by atoms with E-state index in [0.717, 1.165) is 17.0 Å². The summed E-state index contributed by atoms with van der Waals surface area (Å²) in [5.41, 5.74) is 2.07. The van der Waals surface area contributed by atoms with E-state index in [-0.39, 0.29) is 6.42 Å². The summed E-state index contributed by atoms with van der Waals surface area (Å²) in [5, 5.41) is 12.7. The Kier molecular flexibility index (Phi) is 2.28. The number of aromatic nitrogens is 4. The first kappa shape index (κ1) is 12.7. The van der Waals surface area contributed by atoms with E-state index in [4.69, 9.17) is 0 Å². The van der Waals surface area contributed by atoms with Crippen molar-refractivity contribution in [3.05, 3.63) is 18.1 Å². The van der Waals surface area contributed by atoms with E-state index >= 15 is 0 Å². The van der Waals surface area contributed by atoms with Gasteiger partial charge in [-0.2, -0.15) is 9.61 Å². The topological polar surface area (TPSA) is 46.3 Å². The van der Waals surface area contributed by atoms with Crippen LogP contribution in [0, 0.1) is 5.41 Å². The number of hydrogen-bond acceptors (Lipinski definition) is 4. The van der Waals surface area contributed by atoms with Gasteiger partial charge in [-0.05, 0) is 31.7 Å². The van der Waals surface area contributed by atoms with Crippen molar-refractivity contribution in [1.82, 2.24) is 19.8 Å². The van der Waals surface area contributed by atoms with Crippen molar-refractivity contribution in [3.63, 3.8) is 0 Å². The van der Waals surface area contributed by atoms with E-state index in [2.05, 4.69) is 26.3 Å². The van der Waals surface area contributed by atoms with Crippen molar-refractivity contribution >= 4 is 11.3 Å². The molecule has 3 heterocycles. The van der Waals surface area contributed by atoms with Gasteiger partial charge in [0.2, 0.25) is 5.65 Å². The maximum atomic E-state index is 13.5. The van der Waals surface area contributed by atoms with Crippen LogP contribution in [0.25, 0.3) is 5.65 Å². The molecule has 0 aromatic carbocycles. The van der Waals surface area contributed by atoms with Gasteiger partial charge in [0.1, 0.15) is 6.33 Å². The van der Waals surface area contributed by atoms with Crippen molar-refractivity contribution in [2.24, 2.45) is 5.41 Å². The van der Waals surface area contributed by atoms with Crippen LogP contribution in [0.4, 0.5) is 14.5 Å². The second-order valence-corrected chi connectivity index (χ2v) is 6.98. The Labute approximate surface area is 126 Å². The minimum absolute atomic E-state index is 0.0673. The number of halogens is 2. The SMILES string of the molecule is FC1(F)CC12CCN(c1cc(C3CC3)nn3cnnc13)CC2. The van der Waals surface area contributed by atoms with Crippen LogP contribution >= 0.6 is 0 Å². The van der Waals surface area contributed by atoms with Gasteiger partial charge in [0.05, 0.1) is 11.4 Å². The molecular formula is C15H17F2N5. The summed E-state index contributed by atoms with van der Waals surface area (Å²) in [4.78, 5) is 2.18. The summed E-state index contributed by atoms with van der Waals surface area (Å²) >= 11 is 0. The fourth-order valence-corrected chi connectivity index (χ4v) is 3.74. The Morgan fingerprint density at radius 1 is 1.18 bits per heavy atom. The zero-order valence-electron chi connectivity index (χ0n) is 12.2. The van der Waals surface area contributed by atoms with Crippen molar-refractivity contribution in [2.45, 2.75) is 43.9 Å². The van der Waals surface area contributed by atoms with Gasteiger partial charge < -0.3 is 4.90 Å². The van der Waals surface area contributed by atoms with Gasteiger partial charge in [-0.1, -0.05) is 0 Å². The normalized spacial score (nSPS) is 25.8. The lowest BCUT2D eigenvalue weighted by Gasteiger charge is -2.34. The molecule has 2 aliphatic carbocycles. The molecule has 0 atom stereocenters. The van der Waals surface area contributed by atoms with E-state index in [0.29, 0.717) is 31.8 Å². The van der Waals surface area contributed by atoms with Gasteiger partial charge in [0, 0.05) is 30.8 Å². The van der Waals surface area contributed by atoms with E-state index < -0.39 is 11.3 Å². The molecule has 5 nitrogen and oxygen atoms in total. The molecule has 0 unspecified atom stereocenters. The summed E-state index contributed by atoms with van der Waals surface area (Å²) in [7, 11) is 0. The van der Waals surface area contributed by atoms with Crippen LogP contribution in [0.15, 0.2) is 12.4 Å². The van der Waals surface area contributed by atoms with Gasteiger partial charge in [0.25, 0.3) is 5.92 Å². The zero-order chi connectivity index (χ0) is 14.9. The molecule has 5 rings (SSSR count). The number of rotatable bonds is 2. The molecular weight excluding hydrogens is 288 g/mol. The van der Waals surface area contributed by atoms with Crippen molar-refractivity contribution in [3.8, 4) is 0 Å². The molecule has 3 aliphatic rings. The first-order chi connectivity index (χ1) is 10.6. The highest BCUT2D eigenvalue weighted by molar-refractivity contribution is 5.68. The number of alkyl halides is 2. The van der Waals surface area contributed by atoms with Crippen molar-refractivity contribution < 1.29 is 8.78 Å². The first-order valence-corrected chi connectivity index (χ1v) is 7.92.